The fourth-order valence-electron chi connectivity index (χ4n) is 1.79. The maximum atomic E-state index is 13.1. The number of hydrogen-bond acceptors (Lipinski definition) is 5. The van der Waals surface area contributed by atoms with Gasteiger partial charge in [0.05, 0.1) is 17.3 Å². The lowest BCUT2D eigenvalue weighted by Crippen LogP contribution is -1.99. The largest absolute Gasteiger partial charge is 0.481 e. The number of hydrogen-bond donors (Lipinski definition) is 1. The second-order valence-electron chi connectivity index (χ2n) is 4.19. The summed E-state index contributed by atoms with van der Waals surface area (Å²) in [6.07, 6.45) is 1.75. The molecular weight excluding hydrogens is 277 g/mol. The molecule has 0 saturated carbocycles. The van der Waals surface area contributed by atoms with Crippen molar-refractivity contribution < 1.29 is 9.13 Å². The SMILES string of the molecule is COc1ccc(CNc2nc3cc(F)ccc3s2)cn1. The van der Waals surface area contributed by atoms with E-state index in [0.717, 1.165) is 15.4 Å². The number of halogens is 1. The van der Waals surface area contributed by atoms with E-state index in [2.05, 4.69) is 15.3 Å². The van der Waals surface area contributed by atoms with Crippen molar-refractivity contribution in [2.75, 3.05) is 12.4 Å². The molecule has 3 aromatic rings. The third-order valence-electron chi connectivity index (χ3n) is 2.80. The Bertz CT molecular complexity index is 727. The van der Waals surface area contributed by atoms with Crippen LogP contribution in [0.25, 0.3) is 10.2 Å². The van der Waals surface area contributed by atoms with E-state index in [0.29, 0.717) is 17.9 Å². The van der Waals surface area contributed by atoms with Gasteiger partial charge in [-0.3, -0.25) is 0 Å². The summed E-state index contributed by atoms with van der Waals surface area (Å²) >= 11 is 1.50. The summed E-state index contributed by atoms with van der Waals surface area (Å²) in [7, 11) is 1.58. The minimum Gasteiger partial charge on any atom is -0.481 e. The number of anilines is 1. The first kappa shape index (κ1) is 12.8. The van der Waals surface area contributed by atoms with Gasteiger partial charge in [-0.25, -0.2) is 14.4 Å². The maximum Gasteiger partial charge on any atom is 0.212 e. The minimum absolute atomic E-state index is 0.270. The molecule has 6 heteroatoms. The summed E-state index contributed by atoms with van der Waals surface area (Å²) in [4.78, 5) is 8.48. The number of nitrogens with one attached hydrogen (secondary N) is 1. The molecule has 0 saturated heterocycles. The van der Waals surface area contributed by atoms with Crippen LogP contribution in [-0.4, -0.2) is 17.1 Å². The van der Waals surface area contributed by atoms with Crippen molar-refractivity contribution >= 4 is 26.7 Å². The molecule has 2 heterocycles. The molecule has 0 aliphatic carbocycles. The topological polar surface area (TPSA) is 47.0 Å². The highest BCUT2D eigenvalue weighted by Gasteiger charge is 2.04. The highest BCUT2D eigenvalue weighted by Crippen LogP contribution is 2.26. The van der Waals surface area contributed by atoms with Crippen LogP contribution in [0, 0.1) is 5.82 Å². The Kier molecular flexibility index (Phi) is 3.47. The molecule has 0 bridgehead atoms. The van der Waals surface area contributed by atoms with Gasteiger partial charge in [-0.2, -0.15) is 0 Å². The van der Waals surface area contributed by atoms with Crippen LogP contribution >= 0.6 is 11.3 Å². The lowest BCUT2D eigenvalue weighted by molar-refractivity contribution is 0.397. The van der Waals surface area contributed by atoms with Gasteiger partial charge in [0, 0.05) is 24.9 Å². The van der Waals surface area contributed by atoms with E-state index in [9.17, 15) is 4.39 Å². The molecule has 102 valence electrons. The summed E-state index contributed by atoms with van der Waals surface area (Å²) in [5.41, 5.74) is 1.70. The highest BCUT2D eigenvalue weighted by atomic mass is 32.1. The van der Waals surface area contributed by atoms with E-state index in [1.54, 1.807) is 19.4 Å². The van der Waals surface area contributed by atoms with E-state index in [1.165, 1.54) is 23.5 Å². The van der Waals surface area contributed by atoms with E-state index in [-0.39, 0.29) is 5.82 Å². The quantitative estimate of drug-likeness (QED) is 0.799. The Hall–Kier alpha value is -2.21. The average molecular weight is 289 g/mol. The third-order valence-corrected chi connectivity index (χ3v) is 3.79. The molecule has 2 aromatic heterocycles. The lowest BCUT2D eigenvalue weighted by atomic mass is 10.3. The van der Waals surface area contributed by atoms with Crippen molar-refractivity contribution in [1.82, 2.24) is 9.97 Å². The Labute approximate surface area is 119 Å². The number of pyridine rings is 1. The molecule has 0 spiro atoms. The van der Waals surface area contributed by atoms with Gasteiger partial charge in [-0.1, -0.05) is 17.4 Å². The Morgan fingerprint density at radius 2 is 2.20 bits per heavy atom. The number of aromatic nitrogens is 2. The van der Waals surface area contributed by atoms with Crippen LogP contribution in [0.15, 0.2) is 36.5 Å². The van der Waals surface area contributed by atoms with Crippen LogP contribution in [0.1, 0.15) is 5.56 Å². The summed E-state index contributed by atoms with van der Waals surface area (Å²) < 4.78 is 19.1. The van der Waals surface area contributed by atoms with Gasteiger partial charge in [-0.05, 0) is 17.7 Å². The second kappa shape index (κ2) is 5.42. The van der Waals surface area contributed by atoms with Crippen molar-refractivity contribution in [3.05, 3.63) is 47.9 Å². The van der Waals surface area contributed by atoms with Crippen molar-refractivity contribution in [2.45, 2.75) is 6.54 Å². The number of nitrogens with zero attached hydrogens (tertiary/aromatic N) is 2. The fourth-order valence-corrected chi connectivity index (χ4v) is 2.63. The normalized spacial score (nSPS) is 10.7. The van der Waals surface area contributed by atoms with Crippen LogP contribution in [0.3, 0.4) is 0 Å². The Morgan fingerprint density at radius 1 is 1.30 bits per heavy atom. The number of benzene rings is 1. The van der Waals surface area contributed by atoms with Crippen LogP contribution in [0.4, 0.5) is 9.52 Å². The number of rotatable bonds is 4. The van der Waals surface area contributed by atoms with Crippen molar-refractivity contribution in [1.29, 1.82) is 0 Å². The fraction of sp³-hybridized carbons (Fsp3) is 0.143. The van der Waals surface area contributed by atoms with E-state index < -0.39 is 0 Å². The monoisotopic (exact) mass is 289 g/mol. The number of ether oxygens (including phenoxy) is 1. The van der Waals surface area contributed by atoms with Crippen LogP contribution in [-0.2, 0) is 6.54 Å². The third kappa shape index (κ3) is 2.70. The van der Waals surface area contributed by atoms with Gasteiger partial charge < -0.3 is 10.1 Å². The van der Waals surface area contributed by atoms with Crippen LogP contribution in [0.2, 0.25) is 0 Å². The van der Waals surface area contributed by atoms with Crippen molar-refractivity contribution in [3.63, 3.8) is 0 Å². The first-order chi connectivity index (χ1) is 9.74. The molecule has 0 amide bonds. The zero-order valence-electron chi connectivity index (χ0n) is 10.8. The van der Waals surface area contributed by atoms with Gasteiger partial charge in [0.1, 0.15) is 5.82 Å². The molecule has 0 aliphatic rings. The molecule has 3 rings (SSSR count). The van der Waals surface area contributed by atoms with E-state index in [1.807, 2.05) is 12.1 Å². The zero-order chi connectivity index (χ0) is 13.9. The summed E-state index contributed by atoms with van der Waals surface area (Å²) in [6.45, 7) is 0.610. The molecule has 0 fully saturated rings. The molecule has 0 aliphatic heterocycles. The molecule has 20 heavy (non-hydrogen) atoms. The average Bonchev–Trinajstić information content (AvgIpc) is 2.87. The number of fused-ring (bicyclic) bond motifs is 1. The van der Waals surface area contributed by atoms with Gasteiger partial charge in [0.2, 0.25) is 5.88 Å². The van der Waals surface area contributed by atoms with Gasteiger partial charge in [-0.15, -0.1) is 0 Å². The first-order valence-corrected chi connectivity index (χ1v) is 6.85. The van der Waals surface area contributed by atoms with E-state index >= 15 is 0 Å². The van der Waals surface area contributed by atoms with Crippen molar-refractivity contribution in [3.8, 4) is 5.88 Å². The predicted molar refractivity (Wildman–Crippen MR) is 77.7 cm³/mol. The van der Waals surface area contributed by atoms with E-state index in [4.69, 9.17) is 4.74 Å². The molecule has 0 unspecified atom stereocenters. The standard InChI is InChI=1S/C14H12FN3OS/c1-19-13-5-2-9(7-16-13)8-17-14-18-11-6-10(15)3-4-12(11)20-14/h2-7H,8H2,1H3,(H,17,18). The molecule has 1 aromatic carbocycles. The van der Waals surface area contributed by atoms with Gasteiger partial charge in [0.25, 0.3) is 0 Å². The summed E-state index contributed by atoms with van der Waals surface area (Å²) in [5.74, 6) is 0.318. The minimum atomic E-state index is -0.270. The smallest absolute Gasteiger partial charge is 0.212 e. The molecule has 1 N–H and O–H groups in total. The molecular formula is C14H12FN3OS. The van der Waals surface area contributed by atoms with Gasteiger partial charge in [0.15, 0.2) is 5.13 Å². The zero-order valence-corrected chi connectivity index (χ0v) is 11.6. The molecule has 0 radical (unpaired) electrons. The summed E-state index contributed by atoms with van der Waals surface area (Å²) in [6, 6.07) is 8.36. The predicted octanol–water partition coefficient (Wildman–Crippen LogP) is 3.45. The second-order valence-corrected chi connectivity index (χ2v) is 5.22. The maximum absolute atomic E-state index is 13.1. The van der Waals surface area contributed by atoms with Crippen LogP contribution in [0.5, 0.6) is 5.88 Å². The molecule has 4 nitrogen and oxygen atoms in total. The van der Waals surface area contributed by atoms with Crippen molar-refractivity contribution in [2.24, 2.45) is 0 Å². The Balaban J connectivity index is 1.72. The highest BCUT2D eigenvalue weighted by molar-refractivity contribution is 7.22. The Morgan fingerprint density at radius 3 is 2.95 bits per heavy atom. The first-order valence-electron chi connectivity index (χ1n) is 6.03. The number of thiazole rings is 1. The summed E-state index contributed by atoms with van der Waals surface area (Å²) in [5, 5.41) is 3.98. The van der Waals surface area contributed by atoms with Crippen LogP contribution < -0.4 is 10.1 Å². The molecule has 0 atom stereocenters. The number of methoxy groups -OCH3 is 1. The van der Waals surface area contributed by atoms with Gasteiger partial charge >= 0.3 is 0 Å². The lowest BCUT2D eigenvalue weighted by Gasteiger charge is -2.03.